The third kappa shape index (κ3) is 4.79. The van der Waals surface area contributed by atoms with Gasteiger partial charge in [-0.15, -0.1) is 11.8 Å². The summed E-state index contributed by atoms with van der Waals surface area (Å²) in [5.41, 5.74) is 0. The minimum absolute atomic E-state index is 0.0243. The summed E-state index contributed by atoms with van der Waals surface area (Å²) in [5, 5.41) is 10.0. The first-order chi connectivity index (χ1) is 4.35. The lowest BCUT2D eigenvalue weighted by molar-refractivity contribution is 0.260. The molecule has 0 fully saturated rings. The van der Waals surface area contributed by atoms with Crippen molar-refractivity contribution < 1.29 is 5.11 Å². The maximum absolute atomic E-state index is 10.0. The Bertz CT molecular complexity index is 52.9. The van der Waals surface area contributed by atoms with Crippen molar-refractivity contribution in [3.05, 3.63) is 0 Å². The van der Waals surface area contributed by atoms with Crippen LogP contribution in [0.15, 0.2) is 0 Å². The average Bonchev–Trinajstić information content (AvgIpc) is 1.91. The van der Waals surface area contributed by atoms with E-state index in [1.54, 1.807) is 0 Å². The Balaban J connectivity index is 3.09. The Morgan fingerprint density at radius 2 is 1.89 bits per heavy atom. The molecule has 9 heavy (non-hydrogen) atoms. The normalized spacial score (nSPS) is 10.7. The first kappa shape index (κ1) is 9.31. The van der Waals surface area contributed by atoms with E-state index in [9.17, 15) is 5.11 Å². The van der Waals surface area contributed by atoms with Crippen LogP contribution in [0.4, 0.5) is 0 Å². The number of thioether (sulfide) groups is 1. The van der Waals surface area contributed by atoms with Gasteiger partial charge in [0, 0.05) is 0 Å². The maximum Gasteiger partial charge on any atom is 0.128 e. The van der Waals surface area contributed by atoms with E-state index in [0.29, 0.717) is 0 Å². The molecular formula is C7H15OS. The summed E-state index contributed by atoms with van der Waals surface area (Å²) in [6.45, 7) is 4.36. The van der Waals surface area contributed by atoms with Crippen LogP contribution in [0.1, 0.15) is 26.7 Å². The molecule has 0 aliphatic heterocycles. The fourth-order valence-corrected chi connectivity index (χ4v) is 1.64. The highest BCUT2D eigenvalue weighted by Gasteiger charge is 2.01. The van der Waals surface area contributed by atoms with Gasteiger partial charge in [0.15, 0.2) is 0 Å². The minimum Gasteiger partial charge on any atom is -0.225 e. The minimum atomic E-state index is 0.0243. The fraction of sp³-hybridized carbons (Fsp3) is 1.00. The second-order valence-corrected chi connectivity index (χ2v) is 3.15. The molecule has 55 valence electrons. The molecule has 0 aromatic carbocycles. The van der Waals surface area contributed by atoms with Crippen molar-refractivity contribution in [3.8, 4) is 0 Å². The molecule has 0 heterocycles. The van der Waals surface area contributed by atoms with E-state index in [0.717, 1.165) is 11.7 Å². The van der Waals surface area contributed by atoms with Crippen LogP contribution < -0.4 is 0 Å². The van der Waals surface area contributed by atoms with Crippen LogP contribution in [-0.2, 0) is 5.11 Å². The Hall–Kier alpha value is 0.310. The first-order valence-corrected chi connectivity index (χ1v) is 4.66. The van der Waals surface area contributed by atoms with Crippen molar-refractivity contribution in [3.63, 3.8) is 0 Å². The molecule has 0 rings (SSSR count). The molecular weight excluding hydrogens is 132 g/mol. The Morgan fingerprint density at radius 3 is 2.22 bits per heavy atom. The molecule has 2 heteroatoms. The molecule has 0 aromatic rings. The quantitative estimate of drug-likeness (QED) is 0.547. The standard InChI is InChI=1S/C7H15OS/c1-3-7(4-2)5-9-6-8/h7H,3-6H2,1-2H3. The topological polar surface area (TPSA) is 19.9 Å². The monoisotopic (exact) mass is 147 g/mol. The van der Waals surface area contributed by atoms with Gasteiger partial charge in [-0.3, -0.25) is 0 Å². The average molecular weight is 147 g/mol. The zero-order chi connectivity index (χ0) is 7.11. The van der Waals surface area contributed by atoms with Gasteiger partial charge in [0.25, 0.3) is 0 Å². The molecule has 0 saturated carbocycles. The van der Waals surface area contributed by atoms with E-state index < -0.39 is 0 Å². The molecule has 0 aliphatic rings. The van der Waals surface area contributed by atoms with Gasteiger partial charge in [-0.1, -0.05) is 26.7 Å². The number of rotatable bonds is 5. The number of hydrogen-bond acceptors (Lipinski definition) is 1. The van der Waals surface area contributed by atoms with Crippen LogP contribution in [-0.4, -0.2) is 11.7 Å². The summed E-state index contributed by atoms with van der Waals surface area (Å²) in [5.74, 6) is 1.84. The smallest absolute Gasteiger partial charge is 0.128 e. The third-order valence-corrected chi connectivity index (χ3v) is 2.47. The Morgan fingerprint density at radius 1 is 1.33 bits per heavy atom. The molecule has 0 aliphatic carbocycles. The highest BCUT2D eigenvalue weighted by Crippen LogP contribution is 2.13. The van der Waals surface area contributed by atoms with Crippen LogP contribution in [0.2, 0.25) is 0 Å². The molecule has 0 spiro atoms. The van der Waals surface area contributed by atoms with E-state index in [1.807, 2.05) is 0 Å². The van der Waals surface area contributed by atoms with E-state index in [-0.39, 0.29) is 5.94 Å². The summed E-state index contributed by atoms with van der Waals surface area (Å²) in [7, 11) is 0. The van der Waals surface area contributed by atoms with Crippen molar-refractivity contribution in [1.82, 2.24) is 0 Å². The molecule has 0 aromatic heterocycles. The lowest BCUT2D eigenvalue weighted by Crippen LogP contribution is -1.99. The molecule has 0 unspecified atom stereocenters. The van der Waals surface area contributed by atoms with Gasteiger partial charge in [0.05, 0.1) is 0 Å². The van der Waals surface area contributed by atoms with Gasteiger partial charge in [-0.2, -0.15) is 0 Å². The predicted octanol–water partition coefficient (Wildman–Crippen LogP) is 2.54. The highest BCUT2D eigenvalue weighted by molar-refractivity contribution is 7.99. The van der Waals surface area contributed by atoms with Gasteiger partial charge < -0.3 is 0 Å². The van der Waals surface area contributed by atoms with Crippen molar-refractivity contribution in [2.45, 2.75) is 26.7 Å². The van der Waals surface area contributed by atoms with E-state index in [2.05, 4.69) is 13.8 Å². The maximum atomic E-state index is 10.0. The molecule has 1 radical (unpaired) electrons. The SMILES string of the molecule is CCC(CC)CSC[O]. The first-order valence-electron chi connectivity index (χ1n) is 3.50. The summed E-state index contributed by atoms with van der Waals surface area (Å²) >= 11 is 1.51. The van der Waals surface area contributed by atoms with Crippen LogP contribution >= 0.6 is 11.8 Å². The van der Waals surface area contributed by atoms with Gasteiger partial charge in [0.1, 0.15) is 5.94 Å². The van der Waals surface area contributed by atoms with Crippen LogP contribution in [0.25, 0.3) is 0 Å². The predicted molar refractivity (Wildman–Crippen MR) is 42.1 cm³/mol. The van der Waals surface area contributed by atoms with E-state index >= 15 is 0 Å². The summed E-state index contributed by atoms with van der Waals surface area (Å²) in [4.78, 5) is 0. The summed E-state index contributed by atoms with van der Waals surface area (Å²) in [6.07, 6.45) is 2.42. The molecule has 0 amide bonds. The van der Waals surface area contributed by atoms with Gasteiger partial charge >= 0.3 is 0 Å². The van der Waals surface area contributed by atoms with Crippen molar-refractivity contribution in [2.24, 2.45) is 5.92 Å². The van der Waals surface area contributed by atoms with Crippen LogP contribution in [0.3, 0.4) is 0 Å². The van der Waals surface area contributed by atoms with Gasteiger partial charge in [-0.05, 0) is 11.7 Å². The second kappa shape index (κ2) is 6.43. The summed E-state index contributed by atoms with van der Waals surface area (Å²) in [6, 6.07) is 0. The largest absolute Gasteiger partial charge is 0.225 e. The molecule has 0 bridgehead atoms. The van der Waals surface area contributed by atoms with Crippen molar-refractivity contribution in [2.75, 3.05) is 11.7 Å². The molecule has 1 nitrogen and oxygen atoms in total. The number of hydrogen-bond donors (Lipinski definition) is 0. The van der Waals surface area contributed by atoms with Gasteiger partial charge in [-0.25, -0.2) is 5.11 Å². The van der Waals surface area contributed by atoms with Gasteiger partial charge in [0.2, 0.25) is 0 Å². The summed E-state index contributed by atoms with van der Waals surface area (Å²) < 4.78 is 0. The molecule has 0 N–H and O–H groups in total. The van der Waals surface area contributed by atoms with E-state index in [4.69, 9.17) is 0 Å². The fourth-order valence-electron chi connectivity index (χ4n) is 0.739. The van der Waals surface area contributed by atoms with Crippen molar-refractivity contribution in [1.29, 1.82) is 0 Å². The van der Waals surface area contributed by atoms with Crippen LogP contribution in [0.5, 0.6) is 0 Å². The highest BCUT2D eigenvalue weighted by atomic mass is 32.2. The Kier molecular flexibility index (Phi) is 6.65. The zero-order valence-corrected chi connectivity index (χ0v) is 7.04. The Labute approximate surface area is 61.8 Å². The van der Waals surface area contributed by atoms with E-state index in [1.165, 1.54) is 24.6 Å². The second-order valence-electron chi connectivity index (χ2n) is 2.17. The lowest BCUT2D eigenvalue weighted by Gasteiger charge is -2.08. The van der Waals surface area contributed by atoms with Crippen LogP contribution in [0, 0.1) is 5.92 Å². The third-order valence-electron chi connectivity index (χ3n) is 1.59. The zero-order valence-electron chi connectivity index (χ0n) is 6.22. The molecule has 0 atom stereocenters. The lowest BCUT2D eigenvalue weighted by atomic mass is 10.1. The van der Waals surface area contributed by atoms with Crippen molar-refractivity contribution >= 4 is 11.8 Å². The molecule has 0 saturated heterocycles.